The average molecular weight is 339 g/mol. The van der Waals surface area contributed by atoms with E-state index in [1.807, 2.05) is 37.3 Å². The number of hydrogen-bond donors (Lipinski definition) is 1. The van der Waals surface area contributed by atoms with Crippen molar-refractivity contribution in [2.24, 2.45) is 5.92 Å². The van der Waals surface area contributed by atoms with Gasteiger partial charge in [-0.3, -0.25) is 9.69 Å². The highest BCUT2D eigenvalue weighted by atomic mass is 16.2. The summed E-state index contributed by atoms with van der Waals surface area (Å²) in [5, 5.41) is 11.6. The van der Waals surface area contributed by atoms with Gasteiger partial charge in [-0.1, -0.05) is 38.0 Å². The van der Waals surface area contributed by atoms with Gasteiger partial charge in [0.25, 0.3) is 5.91 Å². The van der Waals surface area contributed by atoms with Crippen LogP contribution in [-0.4, -0.2) is 37.4 Å². The fourth-order valence-corrected chi connectivity index (χ4v) is 3.85. The zero-order valence-corrected chi connectivity index (χ0v) is 14.2. The lowest BCUT2D eigenvalue weighted by molar-refractivity contribution is -0.134. The molecule has 0 unspecified atom stereocenters. The van der Waals surface area contributed by atoms with E-state index in [4.69, 9.17) is 0 Å². The molecule has 1 spiro atoms. The van der Waals surface area contributed by atoms with Gasteiger partial charge in [0.05, 0.1) is 18.4 Å². The molecule has 2 aromatic rings. The van der Waals surface area contributed by atoms with Crippen LogP contribution in [0, 0.1) is 5.92 Å². The summed E-state index contributed by atoms with van der Waals surface area (Å²) in [7, 11) is 0. The second kappa shape index (κ2) is 5.98. The van der Waals surface area contributed by atoms with Gasteiger partial charge in [-0.25, -0.2) is 4.79 Å². The number of rotatable bonds is 3. The summed E-state index contributed by atoms with van der Waals surface area (Å²) in [6.45, 7) is 2.19. The summed E-state index contributed by atoms with van der Waals surface area (Å²) in [6, 6.07) is 9.21. The van der Waals surface area contributed by atoms with E-state index in [1.54, 1.807) is 6.20 Å². The Morgan fingerprint density at radius 3 is 2.80 bits per heavy atom. The van der Waals surface area contributed by atoms with Crippen LogP contribution >= 0.6 is 0 Å². The minimum atomic E-state index is -0.731. The van der Waals surface area contributed by atoms with E-state index in [2.05, 4.69) is 15.5 Å². The molecule has 2 atom stereocenters. The summed E-state index contributed by atoms with van der Waals surface area (Å²) in [6.07, 6.45) is 5.35. The fraction of sp³-hybridized carbons (Fsp3) is 0.444. The Morgan fingerprint density at radius 1 is 1.24 bits per heavy atom. The minimum Gasteiger partial charge on any atom is -0.323 e. The molecular formula is C18H21N5O2. The van der Waals surface area contributed by atoms with Crippen LogP contribution in [0.3, 0.4) is 0 Å². The van der Waals surface area contributed by atoms with Gasteiger partial charge in [-0.05, 0) is 30.9 Å². The van der Waals surface area contributed by atoms with Crippen molar-refractivity contribution in [3.63, 3.8) is 0 Å². The number of carbonyl (C=O) groups is 2. The third-order valence-corrected chi connectivity index (χ3v) is 5.35. The van der Waals surface area contributed by atoms with E-state index in [1.165, 1.54) is 9.70 Å². The second-order valence-corrected chi connectivity index (χ2v) is 6.90. The van der Waals surface area contributed by atoms with Gasteiger partial charge in [0, 0.05) is 0 Å². The first-order valence-electron chi connectivity index (χ1n) is 8.71. The number of urea groups is 1. The monoisotopic (exact) mass is 339 g/mol. The molecule has 1 aliphatic heterocycles. The third-order valence-electron chi connectivity index (χ3n) is 5.35. The largest absolute Gasteiger partial charge is 0.325 e. The Kier molecular flexibility index (Phi) is 3.78. The molecule has 3 amide bonds. The first-order chi connectivity index (χ1) is 12.1. The maximum Gasteiger partial charge on any atom is 0.325 e. The number of benzene rings is 1. The van der Waals surface area contributed by atoms with Crippen LogP contribution in [0.25, 0.3) is 5.69 Å². The van der Waals surface area contributed by atoms with E-state index >= 15 is 0 Å². The molecule has 1 aromatic carbocycles. The second-order valence-electron chi connectivity index (χ2n) is 6.90. The highest BCUT2D eigenvalue weighted by Crippen LogP contribution is 2.38. The number of para-hydroxylation sites is 1. The van der Waals surface area contributed by atoms with Crippen LogP contribution < -0.4 is 5.32 Å². The van der Waals surface area contributed by atoms with E-state index in [9.17, 15) is 9.59 Å². The van der Waals surface area contributed by atoms with E-state index in [0.29, 0.717) is 12.1 Å². The predicted octanol–water partition coefficient (Wildman–Crippen LogP) is 2.27. The lowest BCUT2D eigenvalue weighted by Crippen LogP contribution is -2.53. The van der Waals surface area contributed by atoms with E-state index in [-0.39, 0.29) is 24.4 Å². The Morgan fingerprint density at radius 2 is 2.04 bits per heavy atom. The van der Waals surface area contributed by atoms with Crippen molar-refractivity contribution in [2.45, 2.75) is 44.7 Å². The number of imide groups is 1. The first kappa shape index (κ1) is 15.8. The minimum absolute atomic E-state index is 0.126. The Balaban J connectivity index is 1.54. The van der Waals surface area contributed by atoms with E-state index in [0.717, 1.165) is 24.9 Å². The van der Waals surface area contributed by atoms with Crippen molar-refractivity contribution >= 4 is 11.9 Å². The molecule has 2 aliphatic rings. The van der Waals surface area contributed by atoms with Crippen molar-refractivity contribution < 1.29 is 9.59 Å². The molecule has 1 aromatic heterocycles. The van der Waals surface area contributed by atoms with Gasteiger partial charge in [-0.15, -0.1) is 0 Å². The Labute approximate surface area is 146 Å². The number of nitrogens with one attached hydrogen (secondary N) is 1. The third kappa shape index (κ3) is 2.59. The highest BCUT2D eigenvalue weighted by Gasteiger charge is 2.54. The maximum atomic E-state index is 13.0. The molecule has 4 rings (SSSR count). The van der Waals surface area contributed by atoms with Gasteiger partial charge in [0.1, 0.15) is 11.2 Å². The first-order valence-corrected chi connectivity index (χ1v) is 8.71. The number of aromatic nitrogens is 3. The molecule has 0 radical (unpaired) electrons. The summed E-state index contributed by atoms with van der Waals surface area (Å²) in [5.74, 6) is 0.0293. The molecule has 7 heteroatoms. The molecule has 1 N–H and O–H groups in total. The van der Waals surface area contributed by atoms with Crippen LogP contribution in [0.15, 0.2) is 36.5 Å². The maximum absolute atomic E-state index is 13.0. The number of amides is 3. The smallest absolute Gasteiger partial charge is 0.323 e. The van der Waals surface area contributed by atoms with Crippen LogP contribution in [0.1, 0.15) is 38.3 Å². The Bertz CT molecular complexity index is 803. The molecule has 25 heavy (non-hydrogen) atoms. The molecule has 2 heterocycles. The van der Waals surface area contributed by atoms with Crippen molar-refractivity contribution in [3.05, 3.63) is 42.2 Å². The zero-order valence-electron chi connectivity index (χ0n) is 14.2. The number of carbonyl (C=O) groups excluding carboxylic acids is 2. The van der Waals surface area contributed by atoms with Crippen LogP contribution in [0.5, 0.6) is 0 Å². The molecule has 2 fully saturated rings. The summed E-state index contributed by atoms with van der Waals surface area (Å²) >= 11 is 0. The molecule has 130 valence electrons. The van der Waals surface area contributed by atoms with Crippen LogP contribution in [0.2, 0.25) is 0 Å². The number of nitrogens with zero attached hydrogens (tertiary/aromatic N) is 4. The van der Waals surface area contributed by atoms with Crippen molar-refractivity contribution in [1.82, 2.24) is 25.2 Å². The number of hydrogen-bond acceptors (Lipinski definition) is 4. The molecule has 1 saturated carbocycles. The van der Waals surface area contributed by atoms with E-state index < -0.39 is 5.54 Å². The predicted molar refractivity (Wildman–Crippen MR) is 90.8 cm³/mol. The van der Waals surface area contributed by atoms with Crippen molar-refractivity contribution in [1.29, 1.82) is 0 Å². The summed E-state index contributed by atoms with van der Waals surface area (Å²) in [5.41, 5.74) is 0.696. The van der Waals surface area contributed by atoms with Crippen molar-refractivity contribution in [2.75, 3.05) is 0 Å². The summed E-state index contributed by atoms with van der Waals surface area (Å²) in [4.78, 5) is 28.2. The normalized spacial score (nSPS) is 26.3. The summed E-state index contributed by atoms with van der Waals surface area (Å²) < 4.78 is 0. The SMILES string of the molecule is C[C@H]1CCCC[C@@]12NC(=O)N(Cc1cnn(-c3ccccc3)n1)C2=O. The topological polar surface area (TPSA) is 80.1 Å². The molecule has 1 saturated heterocycles. The van der Waals surface area contributed by atoms with Gasteiger partial charge >= 0.3 is 6.03 Å². The standard InChI is InChI=1S/C18H21N5O2/c1-13-7-5-6-10-18(13)16(24)22(17(25)20-18)12-14-11-19-23(21-14)15-8-3-2-4-9-15/h2-4,8-9,11,13H,5-7,10,12H2,1H3,(H,20,25)/t13-,18+/m0/s1. The van der Waals surface area contributed by atoms with Crippen LogP contribution in [-0.2, 0) is 11.3 Å². The lowest BCUT2D eigenvalue weighted by Gasteiger charge is -2.36. The molecule has 1 aliphatic carbocycles. The van der Waals surface area contributed by atoms with Gasteiger partial charge in [-0.2, -0.15) is 15.0 Å². The van der Waals surface area contributed by atoms with Gasteiger partial charge < -0.3 is 5.32 Å². The molecule has 7 nitrogen and oxygen atoms in total. The quantitative estimate of drug-likeness (QED) is 0.870. The lowest BCUT2D eigenvalue weighted by atomic mass is 9.73. The zero-order chi connectivity index (χ0) is 17.4. The van der Waals surface area contributed by atoms with Crippen molar-refractivity contribution in [3.8, 4) is 5.69 Å². The molecular weight excluding hydrogens is 318 g/mol. The fourth-order valence-electron chi connectivity index (χ4n) is 3.85. The average Bonchev–Trinajstić information content (AvgIpc) is 3.18. The van der Waals surface area contributed by atoms with Gasteiger partial charge in [0.2, 0.25) is 0 Å². The van der Waals surface area contributed by atoms with Gasteiger partial charge in [0.15, 0.2) is 0 Å². The highest BCUT2D eigenvalue weighted by molar-refractivity contribution is 6.07. The van der Waals surface area contributed by atoms with Crippen LogP contribution in [0.4, 0.5) is 4.79 Å². The molecule has 0 bridgehead atoms. The Hall–Kier alpha value is -2.70.